The van der Waals surface area contributed by atoms with Gasteiger partial charge in [-0.1, -0.05) is 45.9 Å². The molecule has 0 saturated carbocycles. The molecule has 0 aliphatic rings. The van der Waals surface area contributed by atoms with Gasteiger partial charge in [0.15, 0.2) is 0 Å². The van der Waals surface area contributed by atoms with Gasteiger partial charge >= 0.3 is 12.0 Å². The van der Waals surface area contributed by atoms with E-state index in [4.69, 9.17) is 4.74 Å². The Hall–Kier alpha value is -4.27. The molecule has 0 unspecified atom stereocenters. The van der Waals surface area contributed by atoms with E-state index in [0.717, 1.165) is 18.8 Å². The van der Waals surface area contributed by atoms with Gasteiger partial charge in [-0.15, -0.1) is 0 Å². The molecule has 4 N–H and O–H groups in total. The number of amides is 2. The molecule has 37 heavy (non-hydrogen) atoms. The number of aromatic carboxylic acids is 1. The van der Waals surface area contributed by atoms with Crippen LogP contribution in [0.25, 0.3) is 11.1 Å². The number of benzene rings is 2. The average Bonchev–Trinajstić information content (AvgIpc) is 2.83. The smallest absolute Gasteiger partial charge is 0.340 e. The third-order valence-corrected chi connectivity index (χ3v) is 5.57. The zero-order valence-corrected chi connectivity index (χ0v) is 21.8. The van der Waals surface area contributed by atoms with Crippen LogP contribution >= 0.6 is 0 Å². The minimum absolute atomic E-state index is 0.0441. The first-order valence-electron chi connectivity index (χ1n) is 12.2. The zero-order valence-electron chi connectivity index (χ0n) is 21.8. The predicted molar refractivity (Wildman–Crippen MR) is 147 cm³/mol. The summed E-state index contributed by atoms with van der Waals surface area (Å²) in [5, 5.41) is 15.5. The van der Waals surface area contributed by atoms with Crippen LogP contribution in [0.3, 0.4) is 0 Å². The summed E-state index contributed by atoms with van der Waals surface area (Å²) >= 11 is 0. The Morgan fingerprint density at radius 1 is 1.00 bits per heavy atom. The molecule has 2 amide bonds. The zero-order chi connectivity index (χ0) is 27.1. The van der Waals surface area contributed by atoms with Crippen molar-refractivity contribution in [2.75, 3.05) is 35.7 Å². The number of hydrogen-bond acceptors (Lipinski definition) is 5. The molecular weight excluding hydrogens is 472 g/mol. The molecule has 0 bridgehead atoms. The first kappa shape index (κ1) is 27.3. The fraction of sp³-hybridized carbons (Fsp3) is 0.321. The number of ether oxygens (including phenoxy) is 1. The number of hydrogen-bond donors (Lipinski definition) is 4. The fourth-order valence-corrected chi connectivity index (χ4v) is 4.17. The summed E-state index contributed by atoms with van der Waals surface area (Å²) in [4.78, 5) is 41.1. The SMILES string of the molecule is COc1cccc(-c2ccc(N(CC(C)C)CC(C)C)c(NC(=O)Nc3ccc(=O)[nH]c3)c2)c1C(=O)O. The molecule has 196 valence electrons. The Kier molecular flexibility index (Phi) is 8.95. The Morgan fingerprint density at radius 2 is 1.70 bits per heavy atom. The standard InChI is InChI=1S/C28H34N4O5/c1-17(2)15-32(16-18(3)4)23-11-9-19(21-7-6-8-24(37-5)26(21)27(34)35)13-22(23)31-28(36)30-20-10-12-25(33)29-14-20/h6-14,17-18H,15-16H2,1-5H3,(H,29,33)(H,34,35)(H2,30,31,36). The van der Waals surface area contributed by atoms with E-state index in [1.54, 1.807) is 24.3 Å². The second kappa shape index (κ2) is 12.1. The fourth-order valence-electron chi connectivity index (χ4n) is 4.17. The number of urea groups is 1. The number of carboxylic acids is 1. The number of methoxy groups -OCH3 is 1. The van der Waals surface area contributed by atoms with Crippen LogP contribution in [0, 0.1) is 11.8 Å². The topological polar surface area (TPSA) is 124 Å². The monoisotopic (exact) mass is 506 g/mol. The molecule has 1 heterocycles. The molecule has 1 aromatic heterocycles. The van der Waals surface area contributed by atoms with E-state index >= 15 is 0 Å². The van der Waals surface area contributed by atoms with Crippen LogP contribution in [-0.4, -0.2) is 42.3 Å². The van der Waals surface area contributed by atoms with E-state index in [-0.39, 0.29) is 16.9 Å². The molecule has 0 aliphatic carbocycles. The number of nitrogens with one attached hydrogen (secondary N) is 3. The summed E-state index contributed by atoms with van der Waals surface area (Å²) in [6, 6.07) is 12.9. The highest BCUT2D eigenvalue weighted by atomic mass is 16.5. The molecule has 2 aromatic carbocycles. The number of nitrogens with zero attached hydrogens (tertiary/aromatic N) is 1. The maximum absolute atomic E-state index is 13.0. The number of rotatable bonds is 10. The molecule has 9 heteroatoms. The van der Waals surface area contributed by atoms with Gasteiger partial charge in [0, 0.05) is 30.9 Å². The maximum Gasteiger partial charge on any atom is 0.340 e. The molecule has 0 saturated heterocycles. The Balaban J connectivity index is 2.09. The van der Waals surface area contributed by atoms with Crippen LogP contribution in [0.1, 0.15) is 38.1 Å². The van der Waals surface area contributed by atoms with Crippen LogP contribution in [0.2, 0.25) is 0 Å². The van der Waals surface area contributed by atoms with E-state index in [2.05, 4.69) is 48.2 Å². The van der Waals surface area contributed by atoms with Crippen molar-refractivity contribution < 1.29 is 19.4 Å². The summed E-state index contributed by atoms with van der Waals surface area (Å²) in [5.41, 5.74) is 2.64. The maximum atomic E-state index is 13.0. The first-order chi connectivity index (χ1) is 17.6. The lowest BCUT2D eigenvalue weighted by atomic mass is 9.97. The van der Waals surface area contributed by atoms with Gasteiger partial charge in [0.25, 0.3) is 0 Å². The quantitative estimate of drug-likeness (QED) is 0.287. The van der Waals surface area contributed by atoms with Gasteiger partial charge in [-0.3, -0.25) is 4.79 Å². The molecule has 0 radical (unpaired) electrons. The number of aromatic nitrogens is 1. The molecule has 0 atom stereocenters. The highest BCUT2D eigenvalue weighted by molar-refractivity contribution is 6.03. The molecule has 0 fully saturated rings. The van der Waals surface area contributed by atoms with E-state index in [1.807, 2.05) is 12.1 Å². The van der Waals surface area contributed by atoms with Gasteiger partial charge < -0.3 is 30.4 Å². The summed E-state index contributed by atoms with van der Waals surface area (Å²) in [7, 11) is 1.43. The van der Waals surface area contributed by atoms with Crippen LogP contribution < -0.4 is 25.8 Å². The van der Waals surface area contributed by atoms with Crippen LogP contribution in [0.15, 0.2) is 59.5 Å². The van der Waals surface area contributed by atoms with E-state index in [9.17, 15) is 19.5 Å². The molecule has 9 nitrogen and oxygen atoms in total. The number of carbonyl (C=O) groups is 2. The van der Waals surface area contributed by atoms with E-state index in [1.165, 1.54) is 25.4 Å². The number of carbonyl (C=O) groups excluding carboxylic acids is 1. The average molecular weight is 507 g/mol. The van der Waals surface area contributed by atoms with Crippen molar-refractivity contribution in [2.24, 2.45) is 11.8 Å². The van der Waals surface area contributed by atoms with Crippen molar-refractivity contribution in [1.29, 1.82) is 0 Å². The van der Waals surface area contributed by atoms with Crippen molar-refractivity contribution in [3.8, 4) is 16.9 Å². The van der Waals surface area contributed by atoms with Gasteiger partial charge in [-0.05, 0) is 41.7 Å². The largest absolute Gasteiger partial charge is 0.496 e. The third kappa shape index (κ3) is 7.13. The molecule has 0 spiro atoms. The summed E-state index contributed by atoms with van der Waals surface area (Å²) in [5.74, 6) is -0.111. The van der Waals surface area contributed by atoms with Crippen molar-refractivity contribution in [1.82, 2.24) is 4.98 Å². The van der Waals surface area contributed by atoms with Gasteiger partial charge in [-0.25, -0.2) is 9.59 Å². The lowest BCUT2D eigenvalue weighted by Gasteiger charge is -2.31. The molecule has 0 aliphatic heterocycles. The van der Waals surface area contributed by atoms with Gasteiger partial charge in [0.2, 0.25) is 5.56 Å². The van der Waals surface area contributed by atoms with Crippen LogP contribution in [0.5, 0.6) is 5.75 Å². The Bertz CT molecular complexity index is 1290. The van der Waals surface area contributed by atoms with Crippen LogP contribution in [0.4, 0.5) is 21.9 Å². The van der Waals surface area contributed by atoms with Crippen LogP contribution in [-0.2, 0) is 0 Å². The molecular formula is C28H34N4O5. The van der Waals surface area contributed by atoms with Crippen molar-refractivity contribution in [2.45, 2.75) is 27.7 Å². The van der Waals surface area contributed by atoms with Crippen molar-refractivity contribution in [3.63, 3.8) is 0 Å². The molecule has 3 rings (SSSR count). The second-order valence-electron chi connectivity index (χ2n) is 9.63. The Labute approximate surface area is 216 Å². The number of pyridine rings is 1. The number of H-pyrrole nitrogens is 1. The normalized spacial score (nSPS) is 10.9. The number of carboxylic acid groups (broad SMARTS) is 1. The van der Waals surface area contributed by atoms with Crippen molar-refractivity contribution >= 4 is 29.1 Å². The summed E-state index contributed by atoms with van der Waals surface area (Å²) in [6.45, 7) is 10.1. The number of aromatic amines is 1. The third-order valence-electron chi connectivity index (χ3n) is 5.57. The van der Waals surface area contributed by atoms with E-state index in [0.29, 0.717) is 34.3 Å². The highest BCUT2D eigenvalue weighted by Crippen LogP contribution is 2.36. The minimum atomic E-state index is -1.11. The second-order valence-corrected chi connectivity index (χ2v) is 9.63. The summed E-state index contributed by atoms with van der Waals surface area (Å²) in [6.07, 6.45) is 1.42. The summed E-state index contributed by atoms with van der Waals surface area (Å²) < 4.78 is 5.29. The van der Waals surface area contributed by atoms with E-state index < -0.39 is 12.0 Å². The van der Waals surface area contributed by atoms with Gasteiger partial charge in [0.05, 0.1) is 24.2 Å². The van der Waals surface area contributed by atoms with Gasteiger partial charge in [-0.2, -0.15) is 0 Å². The first-order valence-corrected chi connectivity index (χ1v) is 12.2. The highest BCUT2D eigenvalue weighted by Gasteiger charge is 2.21. The van der Waals surface area contributed by atoms with Gasteiger partial charge in [0.1, 0.15) is 11.3 Å². The molecule has 3 aromatic rings. The minimum Gasteiger partial charge on any atom is -0.496 e. The lowest BCUT2D eigenvalue weighted by Crippen LogP contribution is -2.32. The van der Waals surface area contributed by atoms with Crippen molar-refractivity contribution in [3.05, 3.63) is 70.6 Å². The predicted octanol–water partition coefficient (Wildman–Crippen LogP) is 5.51. The lowest BCUT2D eigenvalue weighted by molar-refractivity contribution is 0.0694. The Morgan fingerprint density at radius 3 is 2.27 bits per heavy atom. The number of anilines is 3.